The summed E-state index contributed by atoms with van der Waals surface area (Å²) in [5.41, 5.74) is 1.33. The lowest BCUT2D eigenvalue weighted by atomic mass is 10.1. The summed E-state index contributed by atoms with van der Waals surface area (Å²) >= 11 is 7.89. The first kappa shape index (κ1) is 9.94. The average Bonchev–Trinajstić information content (AvgIpc) is 2.06. The second-order valence-corrected chi connectivity index (χ2v) is 4.27. The van der Waals surface area contributed by atoms with Gasteiger partial charge in [0.15, 0.2) is 0 Å². The lowest BCUT2D eigenvalue weighted by Crippen LogP contribution is -2.05. The largest absolute Gasteiger partial charge is 0.164 e. The van der Waals surface area contributed by atoms with E-state index < -0.39 is 0 Å². The molecule has 0 N–H and O–H groups in total. The van der Waals surface area contributed by atoms with E-state index in [1.54, 1.807) is 11.8 Å². The molecule has 0 aliphatic carbocycles. The molecule has 0 spiro atoms. The first-order chi connectivity index (χ1) is 5.83. The monoisotopic (exact) mass is 200 g/mol. The van der Waals surface area contributed by atoms with Crippen LogP contribution in [0.15, 0.2) is 30.3 Å². The molecule has 0 saturated carbocycles. The number of hydrogen-bond donors (Lipinski definition) is 0. The van der Waals surface area contributed by atoms with E-state index in [-0.39, 0.29) is 5.38 Å². The normalized spacial score (nSPS) is 12.8. The van der Waals surface area contributed by atoms with Gasteiger partial charge in [-0.05, 0) is 18.2 Å². The van der Waals surface area contributed by atoms with Gasteiger partial charge in [-0.3, -0.25) is 0 Å². The number of halogens is 1. The van der Waals surface area contributed by atoms with Crippen LogP contribution in [0.1, 0.15) is 5.56 Å². The molecule has 66 valence electrons. The second kappa shape index (κ2) is 5.50. The minimum absolute atomic E-state index is 0.266. The highest BCUT2D eigenvalue weighted by Crippen LogP contribution is 2.11. The Bertz CT molecular complexity index is 210. The van der Waals surface area contributed by atoms with Gasteiger partial charge in [0.25, 0.3) is 0 Å². The van der Waals surface area contributed by atoms with Crippen LogP contribution in [0.2, 0.25) is 0 Å². The van der Waals surface area contributed by atoms with E-state index in [0.29, 0.717) is 0 Å². The van der Waals surface area contributed by atoms with Crippen molar-refractivity contribution in [3.63, 3.8) is 0 Å². The minimum atomic E-state index is 0.266. The van der Waals surface area contributed by atoms with Gasteiger partial charge in [-0.2, -0.15) is 11.8 Å². The Balaban J connectivity index is 2.41. The Kier molecular flexibility index (Phi) is 4.55. The van der Waals surface area contributed by atoms with Gasteiger partial charge < -0.3 is 0 Å². The molecule has 1 aromatic rings. The van der Waals surface area contributed by atoms with E-state index >= 15 is 0 Å². The molecule has 1 rings (SSSR count). The highest BCUT2D eigenvalue weighted by Gasteiger charge is 2.03. The van der Waals surface area contributed by atoms with Gasteiger partial charge in [0.05, 0.1) is 0 Å². The predicted molar refractivity (Wildman–Crippen MR) is 58.2 cm³/mol. The van der Waals surface area contributed by atoms with Crippen LogP contribution in [0.3, 0.4) is 0 Å². The molecule has 0 aromatic heterocycles. The number of rotatable bonds is 4. The summed E-state index contributed by atoms with van der Waals surface area (Å²) in [6, 6.07) is 10.4. The molecule has 0 saturated heterocycles. The maximum Gasteiger partial charge on any atom is 0.0466 e. The number of alkyl halides is 1. The average molecular weight is 201 g/mol. The van der Waals surface area contributed by atoms with Gasteiger partial charge in [0.1, 0.15) is 0 Å². The van der Waals surface area contributed by atoms with Crippen molar-refractivity contribution in [1.82, 2.24) is 0 Å². The number of thioether (sulfide) groups is 1. The van der Waals surface area contributed by atoms with Crippen LogP contribution < -0.4 is 0 Å². The van der Waals surface area contributed by atoms with Crippen LogP contribution in [0.4, 0.5) is 0 Å². The molecule has 1 atom stereocenters. The van der Waals surface area contributed by atoms with Gasteiger partial charge in [-0.1, -0.05) is 30.3 Å². The van der Waals surface area contributed by atoms with Crippen molar-refractivity contribution in [3.8, 4) is 0 Å². The Hall–Kier alpha value is -0.140. The van der Waals surface area contributed by atoms with Crippen molar-refractivity contribution < 1.29 is 0 Å². The molecule has 0 amide bonds. The topological polar surface area (TPSA) is 0 Å². The van der Waals surface area contributed by atoms with Crippen LogP contribution >= 0.6 is 23.4 Å². The minimum Gasteiger partial charge on any atom is -0.164 e. The lowest BCUT2D eigenvalue weighted by molar-refractivity contribution is 0.944. The highest BCUT2D eigenvalue weighted by atomic mass is 35.5. The summed E-state index contributed by atoms with van der Waals surface area (Å²) < 4.78 is 0. The first-order valence-electron chi connectivity index (χ1n) is 4.00. The predicted octanol–water partition coefficient (Wildman–Crippen LogP) is 3.20. The van der Waals surface area contributed by atoms with Crippen molar-refractivity contribution >= 4 is 23.4 Å². The molecule has 1 aromatic carbocycles. The Labute approximate surface area is 83.3 Å². The smallest absolute Gasteiger partial charge is 0.0466 e. The third-order valence-electron chi connectivity index (χ3n) is 1.65. The molecule has 0 radical (unpaired) electrons. The molecule has 2 heteroatoms. The zero-order valence-corrected chi connectivity index (χ0v) is 8.74. The van der Waals surface area contributed by atoms with Crippen LogP contribution in [0.25, 0.3) is 0 Å². The van der Waals surface area contributed by atoms with Gasteiger partial charge in [0.2, 0.25) is 0 Å². The van der Waals surface area contributed by atoms with Crippen molar-refractivity contribution in [2.75, 3.05) is 12.0 Å². The Morgan fingerprint density at radius 1 is 1.33 bits per heavy atom. The maximum atomic E-state index is 6.09. The molecule has 0 fully saturated rings. The van der Waals surface area contributed by atoms with E-state index in [1.165, 1.54) is 5.56 Å². The van der Waals surface area contributed by atoms with E-state index in [0.717, 1.165) is 12.2 Å². The lowest BCUT2D eigenvalue weighted by Gasteiger charge is -2.06. The van der Waals surface area contributed by atoms with Gasteiger partial charge in [0, 0.05) is 11.1 Å². The first-order valence-corrected chi connectivity index (χ1v) is 5.83. The zero-order valence-electron chi connectivity index (χ0n) is 7.16. The highest BCUT2D eigenvalue weighted by molar-refractivity contribution is 7.98. The molecule has 0 heterocycles. The van der Waals surface area contributed by atoms with Crippen LogP contribution in [0, 0.1) is 0 Å². The van der Waals surface area contributed by atoms with E-state index in [9.17, 15) is 0 Å². The molecule has 1 unspecified atom stereocenters. The van der Waals surface area contributed by atoms with Gasteiger partial charge in [-0.15, -0.1) is 11.6 Å². The fraction of sp³-hybridized carbons (Fsp3) is 0.400. The fourth-order valence-corrected chi connectivity index (χ4v) is 2.15. The summed E-state index contributed by atoms with van der Waals surface area (Å²) in [6.45, 7) is 0. The van der Waals surface area contributed by atoms with Crippen molar-refractivity contribution in [1.29, 1.82) is 0 Å². The summed E-state index contributed by atoms with van der Waals surface area (Å²) in [5.74, 6) is 1.02. The summed E-state index contributed by atoms with van der Waals surface area (Å²) in [4.78, 5) is 0. The maximum absolute atomic E-state index is 6.09. The molecular formula is C10H13ClS. The Morgan fingerprint density at radius 3 is 2.58 bits per heavy atom. The van der Waals surface area contributed by atoms with Gasteiger partial charge >= 0.3 is 0 Å². The van der Waals surface area contributed by atoms with Crippen LogP contribution in [0.5, 0.6) is 0 Å². The third-order valence-corrected chi connectivity index (χ3v) is 2.87. The summed E-state index contributed by atoms with van der Waals surface area (Å²) in [5, 5.41) is 0.266. The van der Waals surface area contributed by atoms with Crippen LogP contribution in [-0.4, -0.2) is 17.4 Å². The van der Waals surface area contributed by atoms with Gasteiger partial charge in [-0.25, -0.2) is 0 Å². The van der Waals surface area contributed by atoms with E-state index in [2.05, 4.69) is 30.5 Å². The third kappa shape index (κ3) is 3.51. The van der Waals surface area contributed by atoms with Crippen LogP contribution in [-0.2, 0) is 6.42 Å². The molecular weight excluding hydrogens is 188 g/mol. The molecule has 0 aliphatic rings. The Morgan fingerprint density at radius 2 is 2.00 bits per heavy atom. The fourth-order valence-electron chi connectivity index (χ4n) is 1.11. The van der Waals surface area contributed by atoms with E-state index in [4.69, 9.17) is 11.6 Å². The van der Waals surface area contributed by atoms with Crippen molar-refractivity contribution in [2.45, 2.75) is 11.8 Å². The zero-order chi connectivity index (χ0) is 8.81. The summed E-state index contributed by atoms with van der Waals surface area (Å²) in [7, 11) is 0. The van der Waals surface area contributed by atoms with Crippen molar-refractivity contribution in [2.24, 2.45) is 0 Å². The molecule has 0 nitrogen and oxygen atoms in total. The van der Waals surface area contributed by atoms with Crippen molar-refractivity contribution in [3.05, 3.63) is 35.9 Å². The SMILES string of the molecule is CSCC(Cl)Cc1ccccc1. The quantitative estimate of drug-likeness (QED) is 0.673. The molecule has 12 heavy (non-hydrogen) atoms. The number of benzene rings is 1. The summed E-state index contributed by atoms with van der Waals surface area (Å²) in [6.07, 6.45) is 3.06. The second-order valence-electron chi connectivity index (χ2n) is 2.74. The molecule has 0 aliphatic heterocycles. The molecule has 0 bridgehead atoms. The van der Waals surface area contributed by atoms with E-state index in [1.807, 2.05) is 6.07 Å². The standard InChI is InChI=1S/C10H13ClS/c1-12-8-10(11)7-9-5-3-2-4-6-9/h2-6,10H,7-8H2,1H3. The number of hydrogen-bond acceptors (Lipinski definition) is 1.